The average molecular weight is 168 g/mol. The second-order valence-corrected chi connectivity index (χ2v) is 2.26. The minimum Gasteiger partial charge on any atom is -0.383 e. The molecule has 0 aromatic rings. The van der Waals surface area contributed by atoms with Gasteiger partial charge in [-0.05, 0) is 0 Å². The van der Waals surface area contributed by atoms with Crippen molar-refractivity contribution in [1.82, 2.24) is 5.32 Å². The summed E-state index contributed by atoms with van der Waals surface area (Å²) < 4.78 is 27.8. The second-order valence-electron chi connectivity index (χ2n) is 2.26. The highest BCUT2D eigenvalue weighted by atomic mass is 19.3. The number of nitrogens with two attached hydrogens (primary N) is 1. The van der Waals surface area contributed by atoms with Crippen molar-refractivity contribution in [2.45, 2.75) is 12.5 Å². The number of rotatable bonds is 6. The van der Waals surface area contributed by atoms with E-state index in [1.807, 2.05) is 0 Å². The largest absolute Gasteiger partial charge is 0.383 e. The van der Waals surface area contributed by atoms with Crippen LogP contribution in [-0.4, -0.2) is 39.3 Å². The van der Waals surface area contributed by atoms with E-state index in [0.29, 0.717) is 13.2 Å². The van der Waals surface area contributed by atoms with Crippen LogP contribution in [0.2, 0.25) is 0 Å². The van der Waals surface area contributed by atoms with E-state index in [9.17, 15) is 8.78 Å². The van der Waals surface area contributed by atoms with Gasteiger partial charge in [0, 0.05) is 19.7 Å². The molecule has 3 nitrogen and oxygen atoms in total. The van der Waals surface area contributed by atoms with E-state index >= 15 is 0 Å². The topological polar surface area (TPSA) is 47.3 Å². The van der Waals surface area contributed by atoms with Crippen LogP contribution in [0.4, 0.5) is 8.78 Å². The number of ether oxygens (including phenoxy) is 1. The third kappa shape index (κ3) is 7.64. The lowest BCUT2D eigenvalue weighted by Gasteiger charge is -2.10. The van der Waals surface area contributed by atoms with Gasteiger partial charge in [-0.2, -0.15) is 0 Å². The zero-order chi connectivity index (χ0) is 8.69. The van der Waals surface area contributed by atoms with Gasteiger partial charge in [0.15, 0.2) is 0 Å². The quantitative estimate of drug-likeness (QED) is 0.578. The van der Waals surface area contributed by atoms with Crippen LogP contribution in [0.3, 0.4) is 0 Å². The van der Waals surface area contributed by atoms with Crippen LogP contribution in [-0.2, 0) is 4.74 Å². The van der Waals surface area contributed by atoms with Crippen molar-refractivity contribution in [3.8, 4) is 0 Å². The van der Waals surface area contributed by atoms with E-state index in [1.165, 1.54) is 7.11 Å². The molecule has 5 heteroatoms. The van der Waals surface area contributed by atoms with Gasteiger partial charge in [0.1, 0.15) is 0 Å². The molecule has 68 valence electrons. The first-order chi connectivity index (χ1) is 5.16. The van der Waals surface area contributed by atoms with Gasteiger partial charge in [-0.3, -0.25) is 0 Å². The number of hydrogen-bond donors (Lipinski definition) is 2. The molecule has 0 heterocycles. The number of alkyl halides is 2. The van der Waals surface area contributed by atoms with Crippen LogP contribution in [0, 0.1) is 0 Å². The molecule has 0 aliphatic carbocycles. The van der Waals surface area contributed by atoms with E-state index < -0.39 is 6.43 Å². The molecule has 0 aliphatic rings. The summed E-state index contributed by atoms with van der Waals surface area (Å²) in [5.41, 5.74) is 5.44. The number of nitrogens with one attached hydrogen (secondary N) is 1. The Labute approximate surface area is 64.9 Å². The summed E-state index contributed by atoms with van der Waals surface area (Å²) in [6.07, 6.45) is -2.32. The maximum atomic E-state index is 11.5. The Hall–Kier alpha value is -0.260. The molecule has 0 rings (SSSR count). The fourth-order valence-electron chi connectivity index (χ4n) is 0.651. The van der Waals surface area contributed by atoms with Gasteiger partial charge in [-0.1, -0.05) is 0 Å². The van der Waals surface area contributed by atoms with Gasteiger partial charge in [0.05, 0.1) is 13.2 Å². The summed E-state index contributed by atoms with van der Waals surface area (Å²) in [6.45, 7) is 0.436. The molecule has 0 radical (unpaired) electrons. The van der Waals surface area contributed by atoms with Crippen molar-refractivity contribution in [2.75, 3.05) is 26.8 Å². The van der Waals surface area contributed by atoms with E-state index in [-0.39, 0.29) is 12.6 Å². The first kappa shape index (κ1) is 10.7. The molecule has 1 unspecified atom stereocenters. The Kier molecular flexibility index (Phi) is 6.30. The number of methoxy groups -OCH3 is 1. The predicted octanol–water partition coefficient (Wildman–Crippen LogP) is -0.185. The third-order valence-corrected chi connectivity index (χ3v) is 1.09. The molecule has 3 N–H and O–H groups in total. The summed E-state index contributed by atoms with van der Waals surface area (Å²) in [5.74, 6) is 0. The van der Waals surface area contributed by atoms with Gasteiger partial charge in [0.2, 0.25) is 0 Å². The minimum atomic E-state index is -2.32. The first-order valence-electron chi connectivity index (χ1n) is 3.40. The van der Waals surface area contributed by atoms with E-state index in [0.717, 1.165) is 0 Å². The molecule has 1 atom stereocenters. The minimum absolute atomic E-state index is 0.209. The average Bonchev–Trinajstić information content (AvgIpc) is 1.87. The molecular weight excluding hydrogens is 154 g/mol. The monoisotopic (exact) mass is 168 g/mol. The summed E-state index contributed by atoms with van der Waals surface area (Å²) in [6, 6.07) is -0.209. The van der Waals surface area contributed by atoms with Crippen LogP contribution >= 0.6 is 0 Å². The summed E-state index contributed by atoms with van der Waals surface area (Å²) >= 11 is 0. The first-order valence-corrected chi connectivity index (χ1v) is 3.40. The van der Waals surface area contributed by atoms with Crippen molar-refractivity contribution in [3.05, 3.63) is 0 Å². The molecule has 0 saturated heterocycles. The van der Waals surface area contributed by atoms with Gasteiger partial charge >= 0.3 is 0 Å². The highest BCUT2D eigenvalue weighted by molar-refractivity contribution is 4.63. The van der Waals surface area contributed by atoms with Crippen molar-refractivity contribution in [3.63, 3.8) is 0 Å². The fraction of sp³-hybridized carbons (Fsp3) is 1.00. The molecule has 0 saturated carbocycles. The number of halogens is 2. The molecule has 0 aliphatic heterocycles. The molecule has 0 bridgehead atoms. The van der Waals surface area contributed by atoms with Crippen molar-refractivity contribution in [2.24, 2.45) is 5.73 Å². The van der Waals surface area contributed by atoms with Crippen molar-refractivity contribution < 1.29 is 13.5 Å². The van der Waals surface area contributed by atoms with Crippen molar-refractivity contribution >= 4 is 0 Å². The van der Waals surface area contributed by atoms with Crippen molar-refractivity contribution in [1.29, 1.82) is 0 Å². The van der Waals surface area contributed by atoms with Gasteiger partial charge in [-0.15, -0.1) is 0 Å². The Morgan fingerprint density at radius 3 is 2.55 bits per heavy atom. The van der Waals surface area contributed by atoms with E-state index in [4.69, 9.17) is 10.5 Å². The second kappa shape index (κ2) is 6.45. The molecular formula is C6H14F2N2O. The van der Waals surface area contributed by atoms with E-state index in [1.54, 1.807) is 0 Å². The van der Waals surface area contributed by atoms with Gasteiger partial charge < -0.3 is 15.8 Å². The third-order valence-electron chi connectivity index (χ3n) is 1.09. The Bertz CT molecular complexity index is 92.7. The lowest BCUT2D eigenvalue weighted by molar-refractivity contribution is 0.140. The Morgan fingerprint density at radius 1 is 1.45 bits per heavy atom. The van der Waals surface area contributed by atoms with Crippen LogP contribution < -0.4 is 11.1 Å². The summed E-state index contributed by atoms with van der Waals surface area (Å²) in [4.78, 5) is 0. The predicted molar refractivity (Wildman–Crippen MR) is 38.7 cm³/mol. The van der Waals surface area contributed by atoms with Gasteiger partial charge in [-0.25, -0.2) is 8.78 Å². The van der Waals surface area contributed by atoms with E-state index in [2.05, 4.69) is 5.32 Å². The maximum Gasteiger partial charge on any atom is 0.250 e. The lowest BCUT2D eigenvalue weighted by Crippen LogP contribution is -2.38. The fourth-order valence-corrected chi connectivity index (χ4v) is 0.651. The summed E-state index contributed by atoms with van der Waals surface area (Å²) in [7, 11) is 1.52. The number of hydrogen-bond acceptors (Lipinski definition) is 3. The van der Waals surface area contributed by atoms with Gasteiger partial charge in [0.25, 0.3) is 6.43 Å². The lowest BCUT2D eigenvalue weighted by atomic mass is 10.3. The van der Waals surface area contributed by atoms with Crippen LogP contribution in [0.25, 0.3) is 0 Å². The molecule has 0 fully saturated rings. The Morgan fingerprint density at radius 2 is 2.09 bits per heavy atom. The SMILES string of the molecule is COCC(N)CNCC(F)F. The van der Waals surface area contributed by atoms with Crippen LogP contribution in [0.15, 0.2) is 0 Å². The molecule has 11 heavy (non-hydrogen) atoms. The smallest absolute Gasteiger partial charge is 0.250 e. The summed E-state index contributed by atoms with van der Waals surface area (Å²) in [5, 5.41) is 2.51. The molecule has 0 aromatic heterocycles. The molecule has 0 spiro atoms. The van der Waals surface area contributed by atoms with Crippen LogP contribution in [0.5, 0.6) is 0 Å². The molecule has 0 amide bonds. The zero-order valence-corrected chi connectivity index (χ0v) is 6.52. The normalized spacial score (nSPS) is 13.9. The molecule has 0 aromatic carbocycles. The zero-order valence-electron chi connectivity index (χ0n) is 6.52. The highest BCUT2D eigenvalue weighted by Crippen LogP contribution is 1.87. The Balaban J connectivity index is 3.10. The maximum absolute atomic E-state index is 11.5. The highest BCUT2D eigenvalue weighted by Gasteiger charge is 2.04. The standard InChI is InChI=1S/C6H14F2N2O/c1-11-4-5(9)2-10-3-6(7)8/h5-6,10H,2-4,9H2,1H3. The van der Waals surface area contributed by atoms with Crippen LogP contribution in [0.1, 0.15) is 0 Å².